The molecule has 98 valence electrons. The molecule has 0 aliphatic rings. The molecule has 0 saturated carbocycles. The predicted molar refractivity (Wildman–Crippen MR) is 74.3 cm³/mol. The molecule has 0 fully saturated rings. The first-order valence-corrected chi connectivity index (χ1v) is 8.46. The van der Waals surface area contributed by atoms with Crippen molar-refractivity contribution in [3.8, 4) is 6.07 Å². The second-order valence-electron chi connectivity index (χ2n) is 4.84. The summed E-state index contributed by atoms with van der Waals surface area (Å²) in [6.07, 6.45) is 2.01. The maximum absolute atomic E-state index is 11.3. The minimum absolute atomic E-state index is 0.306. The maximum atomic E-state index is 11.3. The highest BCUT2D eigenvalue weighted by atomic mass is 32.2. The smallest absolute Gasteiger partial charge is 0.175 e. The van der Waals surface area contributed by atoms with Gasteiger partial charge in [0.15, 0.2) is 9.84 Å². The first-order chi connectivity index (χ1) is 8.24. The van der Waals surface area contributed by atoms with Gasteiger partial charge < -0.3 is 0 Å². The summed E-state index contributed by atoms with van der Waals surface area (Å²) in [5.74, 6) is 0.846. The Bertz CT molecular complexity index is 539. The molecule has 0 heterocycles. The van der Waals surface area contributed by atoms with Crippen molar-refractivity contribution in [1.29, 1.82) is 5.26 Å². The molecule has 0 aliphatic heterocycles. The number of nitrogens with zero attached hydrogens (tertiary/aromatic N) is 1. The first-order valence-electron chi connectivity index (χ1n) is 5.59. The SMILES string of the molecule is CC(C)(C#N)CCSc1ccc(S(C)(=O)=O)cc1. The predicted octanol–water partition coefficient (Wildman–Crippen LogP) is 3.12. The largest absolute Gasteiger partial charge is 0.224 e. The molecule has 18 heavy (non-hydrogen) atoms. The van der Waals surface area contributed by atoms with Crippen LogP contribution < -0.4 is 0 Å². The van der Waals surface area contributed by atoms with Gasteiger partial charge in [0.2, 0.25) is 0 Å². The average molecular weight is 283 g/mol. The van der Waals surface area contributed by atoms with E-state index < -0.39 is 9.84 Å². The number of hydrogen-bond donors (Lipinski definition) is 0. The average Bonchev–Trinajstić information content (AvgIpc) is 2.28. The highest BCUT2D eigenvalue weighted by Gasteiger charge is 2.16. The van der Waals surface area contributed by atoms with E-state index in [4.69, 9.17) is 5.26 Å². The van der Waals surface area contributed by atoms with Gasteiger partial charge in [-0.15, -0.1) is 11.8 Å². The second-order valence-corrected chi connectivity index (χ2v) is 8.02. The third-order valence-electron chi connectivity index (χ3n) is 2.55. The summed E-state index contributed by atoms with van der Waals surface area (Å²) in [6.45, 7) is 3.83. The van der Waals surface area contributed by atoms with Gasteiger partial charge in [0, 0.05) is 11.2 Å². The lowest BCUT2D eigenvalue weighted by Crippen LogP contribution is -2.08. The zero-order valence-corrected chi connectivity index (χ0v) is 12.4. The summed E-state index contributed by atoms with van der Waals surface area (Å²) < 4.78 is 22.6. The molecule has 0 saturated heterocycles. The second kappa shape index (κ2) is 5.77. The van der Waals surface area contributed by atoms with Crippen LogP contribution in [0, 0.1) is 16.7 Å². The van der Waals surface area contributed by atoms with Crippen LogP contribution in [0.15, 0.2) is 34.1 Å². The lowest BCUT2D eigenvalue weighted by atomic mass is 9.93. The van der Waals surface area contributed by atoms with Crippen LogP contribution >= 0.6 is 11.8 Å². The number of rotatable bonds is 5. The van der Waals surface area contributed by atoms with Crippen molar-refractivity contribution < 1.29 is 8.42 Å². The van der Waals surface area contributed by atoms with Gasteiger partial charge in [-0.2, -0.15) is 5.26 Å². The fourth-order valence-electron chi connectivity index (χ4n) is 1.26. The van der Waals surface area contributed by atoms with Gasteiger partial charge >= 0.3 is 0 Å². The van der Waals surface area contributed by atoms with Crippen LogP contribution in [0.3, 0.4) is 0 Å². The van der Waals surface area contributed by atoms with E-state index >= 15 is 0 Å². The molecule has 5 heteroatoms. The number of benzene rings is 1. The van der Waals surface area contributed by atoms with Gasteiger partial charge in [-0.05, 0) is 50.3 Å². The lowest BCUT2D eigenvalue weighted by Gasteiger charge is -2.13. The normalized spacial score (nSPS) is 12.1. The van der Waals surface area contributed by atoms with Crippen LogP contribution in [0.25, 0.3) is 0 Å². The molecule has 1 rings (SSSR count). The van der Waals surface area contributed by atoms with Crippen molar-refractivity contribution in [2.75, 3.05) is 12.0 Å². The number of thioether (sulfide) groups is 1. The van der Waals surface area contributed by atoms with E-state index in [-0.39, 0.29) is 5.41 Å². The van der Waals surface area contributed by atoms with Crippen LogP contribution in [0.5, 0.6) is 0 Å². The Kier molecular flexibility index (Phi) is 4.83. The van der Waals surface area contributed by atoms with E-state index in [1.54, 1.807) is 36.0 Å². The Labute approximate surface area is 113 Å². The first kappa shape index (κ1) is 15.1. The van der Waals surface area contributed by atoms with Crippen LogP contribution in [-0.4, -0.2) is 20.4 Å². The van der Waals surface area contributed by atoms with Crippen molar-refractivity contribution in [3.63, 3.8) is 0 Å². The minimum Gasteiger partial charge on any atom is -0.224 e. The quantitative estimate of drug-likeness (QED) is 0.779. The van der Waals surface area contributed by atoms with E-state index in [0.717, 1.165) is 17.1 Å². The molecule has 0 atom stereocenters. The Morgan fingerprint density at radius 3 is 2.28 bits per heavy atom. The minimum atomic E-state index is -3.12. The van der Waals surface area contributed by atoms with Crippen LogP contribution in [-0.2, 0) is 9.84 Å². The Hall–Kier alpha value is -0.990. The summed E-state index contributed by atoms with van der Waals surface area (Å²) in [5.41, 5.74) is -0.306. The summed E-state index contributed by atoms with van der Waals surface area (Å²) >= 11 is 1.64. The highest BCUT2D eigenvalue weighted by molar-refractivity contribution is 7.99. The molecule has 0 aliphatic carbocycles. The Balaban J connectivity index is 2.59. The van der Waals surface area contributed by atoms with Gasteiger partial charge in [-0.3, -0.25) is 0 Å². The molecule has 0 bridgehead atoms. The Morgan fingerprint density at radius 1 is 1.28 bits per heavy atom. The van der Waals surface area contributed by atoms with Gasteiger partial charge in [-0.25, -0.2) is 8.42 Å². The van der Waals surface area contributed by atoms with Gasteiger partial charge in [0.05, 0.1) is 16.4 Å². The van der Waals surface area contributed by atoms with Crippen LogP contribution in [0.4, 0.5) is 0 Å². The monoisotopic (exact) mass is 283 g/mol. The summed E-state index contributed by atoms with van der Waals surface area (Å²) in [6, 6.07) is 9.11. The molecule has 1 aromatic carbocycles. The maximum Gasteiger partial charge on any atom is 0.175 e. The summed E-state index contributed by atoms with van der Waals surface area (Å²) in [4.78, 5) is 1.36. The van der Waals surface area contributed by atoms with Crippen molar-refractivity contribution in [3.05, 3.63) is 24.3 Å². The zero-order chi connectivity index (χ0) is 13.8. The van der Waals surface area contributed by atoms with Crippen molar-refractivity contribution in [1.82, 2.24) is 0 Å². The van der Waals surface area contributed by atoms with Gasteiger partial charge in [0.1, 0.15) is 0 Å². The summed E-state index contributed by atoms with van der Waals surface area (Å²) in [7, 11) is -3.12. The number of sulfone groups is 1. The molecular formula is C13H17NO2S2. The molecule has 0 amide bonds. The molecular weight excluding hydrogens is 266 g/mol. The third-order valence-corrected chi connectivity index (χ3v) is 4.69. The van der Waals surface area contributed by atoms with E-state index in [1.807, 2.05) is 13.8 Å². The summed E-state index contributed by atoms with van der Waals surface area (Å²) in [5, 5.41) is 8.89. The zero-order valence-electron chi connectivity index (χ0n) is 10.8. The van der Waals surface area contributed by atoms with E-state index in [2.05, 4.69) is 6.07 Å². The standard InChI is InChI=1S/C13H17NO2S2/c1-13(2,10-14)8-9-17-11-4-6-12(7-5-11)18(3,15)16/h4-7H,8-9H2,1-3H3. The molecule has 0 unspecified atom stereocenters. The van der Waals surface area contributed by atoms with Gasteiger partial charge in [0.25, 0.3) is 0 Å². The molecule has 0 spiro atoms. The molecule has 1 aromatic rings. The number of hydrogen-bond acceptors (Lipinski definition) is 4. The lowest BCUT2D eigenvalue weighted by molar-refractivity contribution is 0.482. The topological polar surface area (TPSA) is 57.9 Å². The van der Waals surface area contributed by atoms with E-state index in [1.165, 1.54) is 6.26 Å². The molecule has 0 aromatic heterocycles. The highest BCUT2D eigenvalue weighted by Crippen LogP contribution is 2.26. The van der Waals surface area contributed by atoms with Crippen molar-refractivity contribution in [2.45, 2.75) is 30.1 Å². The fraction of sp³-hybridized carbons (Fsp3) is 0.462. The van der Waals surface area contributed by atoms with E-state index in [0.29, 0.717) is 4.90 Å². The van der Waals surface area contributed by atoms with Gasteiger partial charge in [-0.1, -0.05) is 0 Å². The Morgan fingerprint density at radius 2 is 1.83 bits per heavy atom. The van der Waals surface area contributed by atoms with Crippen molar-refractivity contribution >= 4 is 21.6 Å². The molecule has 0 N–H and O–H groups in total. The van der Waals surface area contributed by atoms with Crippen molar-refractivity contribution in [2.24, 2.45) is 5.41 Å². The van der Waals surface area contributed by atoms with E-state index in [9.17, 15) is 8.42 Å². The van der Waals surface area contributed by atoms with Crippen LogP contribution in [0.2, 0.25) is 0 Å². The fourth-order valence-corrected chi connectivity index (χ4v) is 3.07. The molecule has 3 nitrogen and oxygen atoms in total. The molecule has 0 radical (unpaired) electrons. The number of nitriles is 1. The van der Waals surface area contributed by atoms with Crippen LogP contribution in [0.1, 0.15) is 20.3 Å². The third kappa shape index (κ3) is 4.71.